The SMILES string of the molecule is COc1ncc(NC(=O)C(=O)N2C[C@@H](C)CC[C@@H]2C2CCCC2)cc1C(N)=O. The van der Waals surface area contributed by atoms with Crippen molar-refractivity contribution in [1.82, 2.24) is 9.88 Å². The third-order valence-corrected chi connectivity index (χ3v) is 5.83. The fraction of sp³-hybridized carbons (Fsp3) is 0.600. The molecule has 3 rings (SSSR count). The molecule has 3 N–H and O–H groups in total. The minimum absolute atomic E-state index is 0.0446. The number of nitrogens with zero attached hydrogens (tertiary/aromatic N) is 2. The summed E-state index contributed by atoms with van der Waals surface area (Å²) in [6.45, 7) is 2.70. The number of primary amides is 1. The highest BCUT2D eigenvalue weighted by molar-refractivity contribution is 6.39. The molecule has 2 fully saturated rings. The first-order valence-electron chi connectivity index (χ1n) is 9.86. The Morgan fingerprint density at radius 3 is 2.57 bits per heavy atom. The number of nitrogens with two attached hydrogens (primary N) is 1. The number of aromatic nitrogens is 1. The van der Waals surface area contributed by atoms with Gasteiger partial charge in [0.15, 0.2) is 0 Å². The molecule has 0 bridgehead atoms. The average Bonchev–Trinajstić information content (AvgIpc) is 3.21. The van der Waals surface area contributed by atoms with Crippen molar-refractivity contribution in [2.75, 3.05) is 19.0 Å². The van der Waals surface area contributed by atoms with Gasteiger partial charge in [0.2, 0.25) is 5.88 Å². The number of piperidine rings is 1. The van der Waals surface area contributed by atoms with Gasteiger partial charge in [-0.2, -0.15) is 0 Å². The Labute approximate surface area is 164 Å². The summed E-state index contributed by atoms with van der Waals surface area (Å²) in [7, 11) is 1.37. The number of anilines is 1. The van der Waals surface area contributed by atoms with Gasteiger partial charge in [-0.1, -0.05) is 19.8 Å². The lowest BCUT2D eigenvalue weighted by molar-refractivity contribution is -0.147. The van der Waals surface area contributed by atoms with Gasteiger partial charge in [-0.25, -0.2) is 4.98 Å². The molecule has 0 radical (unpaired) electrons. The highest BCUT2D eigenvalue weighted by Gasteiger charge is 2.38. The number of carbonyl (C=O) groups is 3. The molecule has 1 saturated carbocycles. The molecule has 1 aromatic heterocycles. The number of amides is 3. The molecule has 2 atom stereocenters. The van der Waals surface area contributed by atoms with E-state index in [9.17, 15) is 14.4 Å². The topological polar surface area (TPSA) is 115 Å². The van der Waals surface area contributed by atoms with Gasteiger partial charge in [0.1, 0.15) is 5.56 Å². The summed E-state index contributed by atoms with van der Waals surface area (Å²) in [5, 5.41) is 2.56. The Morgan fingerprint density at radius 1 is 1.21 bits per heavy atom. The second-order valence-electron chi connectivity index (χ2n) is 7.85. The largest absolute Gasteiger partial charge is 0.480 e. The fourth-order valence-corrected chi connectivity index (χ4v) is 4.41. The third kappa shape index (κ3) is 4.26. The summed E-state index contributed by atoms with van der Waals surface area (Å²) in [6.07, 6.45) is 7.99. The normalized spacial score (nSPS) is 22.7. The van der Waals surface area contributed by atoms with E-state index in [2.05, 4.69) is 17.2 Å². The molecule has 1 aliphatic heterocycles. The molecule has 3 amide bonds. The van der Waals surface area contributed by atoms with Crippen LogP contribution < -0.4 is 15.8 Å². The molecule has 8 nitrogen and oxygen atoms in total. The second kappa shape index (κ2) is 8.58. The van der Waals surface area contributed by atoms with Gasteiger partial charge in [0.05, 0.1) is 19.0 Å². The van der Waals surface area contributed by atoms with Crippen LogP contribution in [0.25, 0.3) is 0 Å². The zero-order chi connectivity index (χ0) is 20.3. The van der Waals surface area contributed by atoms with Gasteiger partial charge in [-0.15, -0.1) is 0 Å². The molecule has 28 heavy (non-hydrogen) atoms. The van der Waals surface area contributed by atoms with Crippen LogP contribution in [0, 0.1) is 11.8 Å². The standard InChI is InChI=1S/C20H28N4O4/c1-12-7-8-16(13-5-3-4-6-13)24(11-12)20(27)18(26)23-14-9-15(17(21)25)19(28-2)22-10-14/h9-10,12-13,16H,3-8,11H2,1-2H3,(H2,21,25)(H,23,26)/t12-,16+/m0/s1. The van der Waals surface area contributed by atoms with Crippen LogP contribution in [0.1, 0.15) is 55.8 Å². The molecule has 152 valence electrons. The van der Waals surface area contributed by atoms with E-state index in [-0.39, 0.29) is 23.2 Å². The summed E-state index contributed by atoms with van der Waals surface area (Å²) >= 11 is 0. The van der Waals surface area contributed by atoms with Crippen molar-refractivity contribution in [2.24, 2.45) is 17.6 Å². The summed E-state index contributed by atoms with van der Waals surface area (Å²) < 4.78 is 4.99. The lowest BCUT2D eigenvalue weighted by Crippen LogP contribution is -2.52. The van der Waals surface area contributed by atoms with E-state index in [4.69, 9.17) is 10.5 Å². The highest BCUT2D eigenvalue weighted by atomic mass is 16.5. The van der Waals surface area contributed by atoms with Crippen LogP contribution in [0.2, 0.25) is 0 Å². The molecular formula is C20H28N4O4. The summed E-state index contributed by atoms with van der Waals surface area (Å²) in [5.74, 6) is -1.05. The Kier molecular flexibility index (Phi) is 6.16. The number of carbonyl (C=O) groups excluding carboxylic acids is 3. The number of pyridine rings is 1. The minimum atomic E-state index is -0.724. The Hall–Kier alpha value is -2.64. The van der Waals surface area contributed by atoms with E-state index in [0.717, 1.165) is 25.7 Å². The number of hydrogen-bond acceptors (Lipinski definition) is 5. The monoisotopic (exact) mass is 388 g/mol. The van der Waals surface area contributed by atoms with Crippen LogP contribution >= 0.6 is 0 Å². The maximum absolute atomic E-state index is 12.9. The van der Waals surface area contributed by atoms with Gasteiger partial charge in [-0.3, -0.25) is 14.4 Å². The van der Waals surface area contributed by atoms with E-state index in [1.165, 1.54) is 32.2 Å². The van der Waals surface area contributed by atoms with Gasteiger partial charge in [0, 0.05) is 12.6 Å². The smallest absolute Gasteiger partial charge is 0.313 e. The lowest BCUT2D eigenvalue weighted by Gasteiger charge is -2.41. The average molecular weight is 388 g/mol. The first-order valence-corrected chi connectivity index (χ1v) is 9.86. The van der Waals surface area contributed by atoms with Crippen molar-refractivity contribution in [2.45, 2.75) is 51.5 Å². The molecule has 2 heterocycles. The number of methoxy groups -OCH3 is 1. The molecule has 2 aliphatic rings. The van der Waals surface area contributed by atoms with Crippen molar-refractivity contribution in [1.29, 1.82) is 0 Å². The number of rotatable bonds is 4. The third-order valence-electron chi connectivity index (χ3n) is 5.83. The quantitative estimate of drug-likeness (QED) is 0.765. The number of hydrogen-bond donors (Lipinski definition) is 2. The molecule has 8 heteroatoms. The minimum Gasteiger partial charge on any atom is -0.480 e. The fourth-order valence-electron chi connectivity index (χ4n) is 4.41. The summed E-state index contributed by atoms with van der Waals surface area (Å²) in [6, 6.07) is 1.50. The zero-order valence-electron chi connectivity index (χ0n) is 16.4. The highest BCUT2D eigenvalue weighted by Crippen LogP contribution is 2.36. The van der Waals surface area contributed by atoms with Crippen molar-refractivity contribution in [3.05, 3.63) is 17.8 Å². The molecule has 1 aromatic rings. The number of nitrogens with one attached hydrogen (secondary N) is 1. The zero-order valence-corrected chi connectivity index (χ0v) is 16.4. The maximum atomic E-state index is 12.9. The number of likely N-dealkylation sites (tertiary alicyclic amines) is 1. The van der Waals surface area contributed by atoms with Gasteiger partial charge >= 0.3 is 11.8 Å². The van der Waals surface area contributed by atoms with Crippen LogP contribution in [-0.2, 0) is 9.59 Å². The van der Waals surface area contributed by atoms with Gasteiger partial charge in [0.25, 0.3) is 5.91 Å². The first kappa shape index (κ1) is 20.1. The number of ether oxygens (including phenoxy) is 1. The molecule has 0 unspecified atom stereocenters. The first-order chi connectivity index (χ1) is 13.4. The molecule has 1 aliphatic carbocycles. The van der Waals surface area contributed by atoms with E-state index >= 15 is 0 Å². The van der Waals surface area contributed by atoms with Crippen LogP contribution in [0.4, 0.5) is 5.69 Å². The Bertz CT molecular complexity index is 761. The summed E-state index contributed by atoms with van der Waals surface area (Å²) in [4.78, 5) is 42.8. The van der Waals surface area contributed by atoms with Crippen LogP contribution in [0.5, 0.6) is 5.88 Å². The summed E-state index contributed by atoms with van der Waals surface area (Å²) in [5.41, 5.74) is 5.60. The Balaban J connectivity index is 1.74. The van der Waals surface area contributed by atoms with Crippen molar-refractivity contribution >= 4 is 23.4 Å². The van der Waals surface area contributed by atoms with Crippen molar-refractivity contribution in [3.63, 3.8) is 0 Å². The second-order valence-corrected chi connectivity index (χ2v) is 7.85. The van der Waals surface area contributed by atoms with Crippen LogP contribution in [0.15, 0.2) is 12.3 Å². The molecular weight excluding hydrogens is 360 g/mol. The van der Waals surface area contributed by atoms with E-state index in [1.807, 2.05) is 0 Å². The molecule has 1 saturated heterocycles. The lowest BCUT2D eigenvalue weighted by atomic mass is 9.85. The molecule has 0 spiro atoms. The van der Waals surface area contributed by atoms with Gasteiger partial charge in [-0.05, 0) is 43.6 Å². The van der Waals surface area contributed by atoms with E-state index in [1.54, 1.807) is 4.90 Å². The van der Waals surface area contributed by atoms with Crippen LogP contribution in [0.3, 0.4) is 0 Å². The van der Waals surface area contributed by atoms with Crippen molar-refractivity contribution < 1.29 is 19.1 Å². The van der Waals surface area contributed by atoms with E-state index in [0.29, 0.717) is 18.4 Å². The molecule has 0 aromatic carbocycles. The maximum Gasteiger partial charge on any atom is 0.313 e. The van der Waals surface area contributed by atoms with E-state index < -0.39 is 17.7 Å². The van der Waals surface area contributed by atoms with Crippen LogP contribution in [-0.4, -0.2) is 47.3 Å². The van der Waals surface area contributed by atoms with Crippen molar-refractivity contribution in [3.8, 4) is 5.88 Å². The van der Waals surface area contributed by atoms with Gasteiger partial charge < -0.3 is 20.7 Å². The predicted molar refractivity (Wildman–Crippen MR) is 104 cm³/mol. The Morgan fingerprint density at radius 2 is 1.93 bits per heavy atom. The predicted octanol–water partition coefficient (Wildman–Crippen LogP) is 1.94.